The molecule has 1 aromatic heterocycles. The van der Waals surface area contributed by atoms with Gasteiger partial charge >= 0.3 is 5.97 Å². The summed E-state index contributed by atoms with van der Waals surface area (Å²) in [6, 6.07) is 1.87. The van der Waals surface area contributed by atoms with Crippen molar-refractivity contribution in [3.05, 3.63) is 21.4 Å². The zero-order chi connectivity index (χ0) is 16.2. The highest BCUT2D eigenvalue weighted by atomic mass is 32.1. The van der Waals surface area contributed by atoms with Gasteiger partial charge in [0.05, 0.1) is 10.8 Å². The van der Waals surface area contributed by atoms with Crippen molar-refractivity contribution in [3.8, 4) is 0 Å². The van der Waals surface area contributed by atoms with Crippen LogP contribution in [0.3, 0.4) is 0 Å². The molecular weight excluding hydrogens is 286 g/mol. The van der Waals surface area contributed by atoms with Gasteiger partial charge in [-0.25, -0.2) is 0 Å². The summed E-state index contributed by atoms with van der Waals surface area (Å²) in [6.07, 6.45) is 1.44. The first-order valence-electron chi connectivity index (χ1n) is 7.24. The van der Waals surface area contributed by atoms with E-state index in [4.69, 9.17) is 0 Å². The molecule has 0 aliphatic rings. The number of nitrogens with one attached hydrogen (secondary N) is 1. The van der Waals surface area contributed by atoms with Crippen molar-refractivity contribution in [2.45, 2.75) is 47.5 Å². The van der Waals surface area contributed by atoms with E-state index in [1.807, 2.05) is 33.8 Å². The predicted molar refractivity (Wildman–Crippen MR) is 86.0 cm³/mol. The number of aryl methyl sites for hydroxylation is 2. The van der Waals surface area contributed by atoms with E-state index >= 15 is 0 Å². The average Bonchev–Trinajstić information content (AvgIpc) is 2.73. The Bertz CT molecular complexity index is 514. The second-order valence-corrected chi connectivity index (χ2v) is 7.72. The average molecular weight is 311 g/mol. The minimum absolute atomic E-state index is 0.0807. The summed E-state index contributed by atoms with van der Waals surface area (Å²) >= 11 is 1.48. The maximum atomic E-state index is 12.1. The van der Waals surface area contributed by atoms with Crippen LogP contribution in [0.1, 0.15) is 54.2 Å². The molecule has 1 amide bonds. The van der Waals surface area contributed by atoms with Crippen LogP contribution < -0.4 is 5.32 Å². The molecule has 2 N–H and O–H groups in total. The highest BCUT2D eigenvalue weighted by molar-refractivity contribution is 7.14. The zero-order valence-corrected chi connectivity index (χ0v) is 14.3. The van der Waals surface area contributed by atoms with Gasteiger partial charge in [0.25, 0.3) is 5.91 Å². The van der Waals surface area contributed by atoms with Crippen molar-refractivity contribution in [2.75, 3.05) is 6.54 Å². The van der Waals surface area contributed by atoms with Gasteiger partial charge < -0.3 is 10.4 Å². The van der Waals surface area contributed by atoms with Crippen LogP contribution in [-0.4, -0.2) is 23.5 Å². The van der Waals surface area contributed by atoms with E-state index in [2.05, 4.69) is 12.2 Å². The largest absolute Gasteiger partial charge is 0.481 e. The quantitative estimate of drug-likeness (QED) is 0.845. The Hall–Kier alpha value is -1.36. The molecule has 0 aliphatic carbocycles. The standard InChI is InChI=1S/C16H25NO3S/c1-6-12-10(2)7-13(21-12)14(18)17-9-11(15(19)20)8-16(3,4)5/h7,11H,6,8-9H2,1-5H3,(H,17,18)(H,19,20). The molecule has 1 heterocycles. The number of aliphatic carboxylic acids is 1. The Kier molecular flexibility index (Phi) is 5.96. The van der Waals surface area contributed by atoms with E-state index in [0.717, 1.165) is 12.0 Å². The van der Waals surface area contributed by atoms with E-state index in [9.17, 15) is 14.7 Å². The third kappa shape index (κ3) is 5.50. The number of thiophene rings is 1. The monoisotopic (exact) mass is 311 g/mol. The topological polar surface area (TPSA) is 66.4 Å². The summed E-state index contributed by atoms with van der Waals surface area (Å²) in [4.78, 5) is 25.3. The Morgan fingerprint density at radius 1 is 1.38 bits per heavy atom. The van der Waals surface area contributed by atoms with Crippen LogP contribution >= 0.6 is 11.3 Å². The lowest BCUT2D eigenvalue weighted by Gasteiger charge is -2.23. The number of amides is 1. The Morgan fingerprint density at radius 2 is 2.00 bits per heavy atom. The van der Waals surface area contributed by atoms with E-state index in [1.165, 1.54) is 16.2 Å². The van der Waals surface area contributed by atoms with Crippen molar-refractivity contribution in [1.82, 2.24) is 5.32 Å². The molecule has 0 aliphatic heterocycles. The lowest BCUT2D eigenvalue weighted by atomic mass is 9.84. The Labute approximate surface area is 130 Å². The second kappa shape index (κ2) is 7.07. The normalized spacial score (nSPS) is 13.0. The first-order chi connectivity index (χ1) is 9.64. The number of rotatable bonds is 6. The molecule has 0 aromatic carbocycles. The van der Waals surface area contributed by atoms with Crippen LogP contribution in [0.2, 0.25) is 0 Å². The van der Waals surface area contributed by atoms with Gasteiger partial charge in [0.15, 0.2) is 0 Å². The summed E-state index contributed by atoms with van der Waals surface area (Å²) < 4.78 is 0. The fraction of sp³-hybridized carbons (Fsp3) is 0.625. The lowest BCUT2D eigenvalue weighted by molar-refractivity contribution is -0.142. The number of carboxylic acid groups (broad SMARTS) is 1. The SMILES string of the molecule is CCc1sc(C(=O)NCC(CC(C)(C)C)C(=O)O)cc1C. The van der Waals surface area contributed by atoms with Crippen LogP contribution in [0, 0.1) is 18.3 Å². The predicted octanol–water partition coefficient (Wildman–Crippen LogP) is 3.49. The van der Waals surface area contributed by atoms with E-state index < -0.39 is 11.9 Å². The minimum atomic E-state index is -0.859. The fourth-order valence-corrected chi connectivity index (χ4v) is 3.30. The zero-order valence-electron chi connectivity index (χ0n) is 13.4. The summed E-state index contributed by atoms with van der Waals surface area (Å²) in [7, 11) is 0. The maximum Gasteiger partial charge on any atom is 0.308 e. The molecular formula is C16H25NO3S. The lowest BCUT2D eigenvalue weighted by Crippen LogP contribution is -2.34. The number of carbonyl (C=O) groups excluding carboxylic acids is 1. The number of carboxylic acids is 1. The van der Waals surface area contributed by atoms with Gasteiger partial charge in [-0.1, -0.05) is 27.7 Å². The molecule has 0 spiro atoms. The van der Waals surface area contributed by atoms with Gasteiger partial charge in [-0.15, -0.1) is 11.3 Å². The molecule has 0 saturated carbocycles. The summed E-state index contributed by atoms with van der Waals surface area (Å²) in [5, 5.41) is 12.0. The van der Waals surface area contributed by atoms with Crippen LogP contribution in [0.4, 0.5) is 0 Å². The van der Waals surface area contributed by atoms with Crippen LogP contribution in [0.5, 0.6) is 0 Å². The van der Waals surface area contributed by atoms with Gasteiger partial charge in [0, 0.05) is 11.4 Å². The first-order valence-corrected chi connectivity index (χ1v) is 8.06. The van der Waals surface area contributed by atoms with Crippen LogP contribution in [0.15, 0.2) is 6.07 Å². The van der Waals surface area contributed by atoms with E-state index in [-0.39, 0.29) is 17.9 Å². The second-order valence-electron chi connectivity index (χ2n) is 6.58. The summed E-state index contributed by atoms with van der Waals surface area (Å²) in [6.45, 7) is 10.2. The molecule has 0 saturated heterocycles. The molecule has 1 aromatic rings. The molecule has 0 bridgehead atoms. The Morgan fingerprint density at radius 3 is 2.43 bits per heavy atom. The third-order valence-electron chi connectivity index (χ3n) is 3.28. The molecule has 1 unspecified atom stereocenters. The first kappa shape index (κ1) is 17.7. The smallest absolute Gasteiger partial charge is 0.308 e. The Balaban J connectivity index is 2.66. The molecule has 21 heavy (non-hydrogen) atoms. The molecule has 4 nitrogen and oxygen atoms in total. The summed E-state index contributed by atoms with van der Waals surface area (Å²) in [5.74, 6) is -1.59. The van der Waals surface area contributed by atoms with E-state index in [1.54, 1.807) is 0 Å². The minimum Gasteiger partial charge on any atom is -0.481 e. The molecule has 0 radical (unpaired) electrons. The molecule has 5 heteroatoms. The highest BCUT2D eigenvalue weighted by Gasteiger charge is 2.25. The van der Waals surface area contributed by atoms with Gasteiger partial charge in [-0.05, 0) is 36.8 Å². The van der Waals surface area contributed by atoms with Gasteiger partial charge in [-0.3, -0.25) is 9.59 Å². The van der Waals surface area contributed by atoms with Crippen molar-refractivity contribution in [1.29, 1.82) is 0 Å². The third-order valence-corrected chi connectivity index (χ3v) is 4.66. The van der Waals surface area contributed by atoms with Gasteiger partial charge in [0.1, 0.15) is 0 Å². The van der Waals surface area contributed by atoms with Gasteiger partial charge in [-0.2, -0.15) is 0 Å². The molecule has 1 rings (SSSR count). The number of hydrogen-bond donors (Lipinski definition) is 2. The number of carbonyl (C=O) groups is 2. The summed E-state index contributed by atoms with van der Waals surface area (Å²) in [5.41, 5.74) is 1.04. The van der Waals surface area contributed by atoms with Crippen molar-refractivity contribution in [2.24, 2.45) is 11.3 Å². The maximum absolute atomic E-state index is 12.1. The molecule has 0 fully saturated rings. The van der Waals surface area contributed by atoms with Crippen LogP contribution in [-0.2, 0) is 11.2 Å². The van der Waals surface area contributed by atoms with Crippen molar-refractivity contribution in [3.63, 3.8) is 0 Å². The van der Waals surface area contributed by atoms with Crippen molar-refractivity contribution >= 4 is 23.2 Å². The van der Waals surface area contributed by atoms with Crippen LogP contribution in [0.25, 0.3) is 0 Å². The fourth-order valence-electron chi connectivity index (χ4n) is 2.27. The molecule has 118 valence electrons. The van der Waals surface area contributed by atoms with Crippen molar-refractivity contribution < 1.29 is 14.7 Å². The van der Waals surface area contributed by atoms with Gasteiger partial charge in [0.2, 0.25) is 0 Å². The molecule has 1 atom stereocenters. The number of hydrogen-bond acceptors (Lipinski definition) is 3. The van der Waals surface area contributed by atoms with E-state index in [0.29, 0.717) is 11.3 Å². The highest BCUT2D eigenvalue weighted by Crippen LogP contribution is 2.25.